The third-order valence-corrected chi connectivity index (χ3v) is 7.19. The molecule has 1 N–H and O–H groups in total. The highest BCUT2D eigenvalue weighted by atomic mass is 16.6. The van der Waals surface area contributed by atoms with Crippen LogP contribution in [0.15, 0.2) is 36.4 Å². The first-order chi connectivity index (χ1) is 22.0. The van der Waals surface area contributed by atoms with Crippen LogP contribution in [0.25, 0.3) is 11.4 Å². The topological polar surface area (TPSA) is 162 Å². The monoisotopic (exact) mass is 629 g/mol. The number of hydrogen-bond donors (Lipinski definition) is 1. The number of amides is 2. The fraction of sp³-hybridized carbons (Fsp3) is 0.600. The molecule has 2 amide bonds. The van der Waals surface area contributed by atoms with Crippen LogP contribution in [0, 0.1) is 6.92 Å². The first-order valence-corrected chi connectivity index (χ1v) is 15.3. The Morgan fingerprint density at radius 2 is 1.24 bits per heavy atom. The van der Waals surface area contributed by atoms with Crippen LogP contribution in [0.1, 0.15) is 12.2 Å². The molecule has 0 aliphatic carbocycles. The van der Waals surface area contributed by atoms with E-state index in [0.29, 0.717) is 90.6 Å². The molecule has 3 heterocycles. The van der Waals surface area contributed by atoms with Gasteiger partial charge in [0.05, 0.1) is 52.9 Å². The van der Waals surface area contributed by atoms with E-state index in [0.717, 1.165) is 37.5 Å². The summed E-state index contributed by atoms with van der Waals surface area (Å²) in [5.41, 5.74) is 0.815. The maximum atomic E-state index is 11.7. The summed E-state index contributed by atoms with van der Waals surface area (Å²) in [7, 11) is 0. The van der Waals surface area contributed by atoms with Crippen molar-refractivity contribution in [1.29, 1.82) is 0 Å². The predicted molar refractivity (Wildman–Crippen MR) is 161 cm³/mol. The lowest BCUT2D eigenvalue weighted by molar-refractivity contribution is -0.137. The SMILES string of the molecule is Cc1nnc(-c2ccc(OCCOCCOCCOCCOCC[C@@H](O)N3CCN(CCN4C(=O)C=CC4=O)CC3)cc2)nn1. The number of ether oxygens (including phenoxy) is 5. The Hall–Kier alpha value is -3.44. The highest BCUT2D eigenvalue weighted by Gasteiger charge is 2.26. The second-order valence-electron chi connectivity index (χ2n) is 10.4. The summed E-state index contributed by atoms with van der Waals surface area (Å²) in [6.07, 6.45) is 2.56. The minimum atomic E-state index is -0.566. The van der Waals surface area contributed by atoms with Gasteiger partial charge in [-0.05, 0) is 31.2 Å². The van der Waals surface area contributed by atoms with Gasteiger partial charge < -0.3 is 28.8 Å². The summed E-state index contributed by atoms with van der Waals surface area (Å²) in [6.45, 7) is 9.83. The van der Waals surface area contributed by atoms with Crippen LogP contribution >= 0.6 is 0 Å². The average molecular weight is 630 g/mol. The molecule has 4 rings (SSSR count). The van der Waals surface area contributed by atoms with Gasteiger partial charge in [0.15, 0.2) is 5.82 Å². The van der Waals surface area contributed by atoms with Crippen LogP contribution in [-0.4, -0.2) is 157 Å². The summed E-state index contributed by atoms with van der Waals surface area (Å²) in [5, 5.41) is 26.3. The molecule has 1 saturated heterocycles. The Labute approximate surface area is 263 Å². The smallest absolute Gasteiger partial charge is 0.253 e. The Morgan fingerprint density at radius 1 is 0.711 bits per heavy atom. The fourth-order valence-corrected chi connectivity index (χ4v) is 4.62. The van der Waals surface area contributed by atoms with Gasteiger partial charge in [0.25, 0.3) is 11.8 Å². The van der Waals surface area contributed by atoms with Gasteiger partial charge in [-0.15, -0.1) is 20.4 Å². The summed E-state index contributed by atoms with van der Waals surface area (Å²) >= 11 is 0. The minimum Gasteiger partial charge on any atom is -0.491 e. The molecule has 45 heavy (non-hydrogen) atoms. The van der Waals surface area contributed by atoms with Crippen LogP contribution in [0.2, 0.25) is 0 Å². The average Bonchev–Trinajstić information content (AvgIpc) is 3.38. The number of imide groups is 1. The second kappa shape index (κ2) is 19.2. The van der Waals surface area contributed by atoms with E-state index in [2.05, 4.69) is 25.3 Å². The predicted octanol–water partition coefficient (Wildman–Crippen LogP) is -0.0617. The molecule has 0 saturated carbocycles. The lowest BCUT2D eigenvalue weighted by Crippen LogP contribution is -2.52. The normalized spacial score (nSPS) is 16.5. The van der Waals surface area contributed by atoms with E-state index in [1.807, 2.05) is 29.2 Å². The van der Waals surface area contributed by atoms with Gasteiger partial charge in [-0.3, -0.25) is 24.3 Å². The maximum Gasteiger partial charge on any atom is 0.253 e. The van der Waals surface area contributed by atoms with E-state index in [1.165, 1.54) is 17.1 Å². The van der Waals surface area contributed by atoms with E-state index < -0.39 is 6.23 Å². The van der Waals surface area contributed by atoms with Crippen LogP contribution in [0.4, 0.5) is 0 Å². The maximum absolute atomic E-state index is 11.7. The number of carbonyl (C=O) groups excluding carboxylic acids is 2. The van der Waals surface area contributed by atoms with E-state index in [1.54, 1.807) is 6.92 Å². The van der Waals surface area contributed by atoms with E-state index in [-0.39, 0.29) is 11.8 Å². The molecule has 2 aliphatic heterocycles. The van der Waals surface area contributed by atoms with Crippen molar-refractivity contribution < 1.29 is 38.4 Å². The van der Waals surface area contributed by atoms with E-state index in [4.69, 9.17) is 23.7 Å². The van der Waals surface area contributed by atoms with Crippen molar-refractivity contribution in [3.05, 3.63) is 42.2 Å². The largest absolute Gasteiger partial charge is 0.491 e. The zero-order valence-electron chi connectivity index (χ0n) is 25.8. The number of piperazine rings is 1. The number of aliphatic hydroxyl groups is 1. The van der Waals surface area contributed by atoms with Gasteiger partial charge in [-0.25, -0.2) is 0 Å². The second-order valence-corrected chi connectivity index (χ2v) is 10.4. The van der Waals surface area contributed by atoms with Crippen molar-refractivity contribution in [2.24, 2.45) is 0 Å². The van der Waals surface area contributed by atoms with Gasteiger partial charge in [0.2, 0.25) is 5.82 Å². The van der Waals surface area contributed by atoms with Gasteiger partial charge in [0, 0.05) is 63.4 Å². The van der Waals surface area contributed by atoms with Crippen molar-refractivity contribution in [3.8, 4) is 17.1 Å². The third kappa shape index (κ3) is 12.1. The Balaban J connectivity index is 0.891. The molecule has 246 valence electrons. The Kier molecular flexibility index (Phi) is 14.7. The number of carbonyl (C=O) groups is 2. The van der Waals surface area contributed by atoms with E-state index in [9.17, 15) is 14.7 Å². The summed E-state index contributed by atoms with van der Waals surface area (Å²) in [4.78, 5) is 28.8. The van der Waals surface area contributed by atoms with Gasteiger partial charge in [-0.1, -0.05) is 0 Å². The number of aromatic nitrogens is 4. The molecule has 0 spiro atoms. The van der Waals surface area contributed by atoms with Crippen molar-refractivity contribution in [3.63, 3.8) is 0 Å². The lowest BCUT2D eigenvalue weighted by Gasteiger charge is -2.37. The fourth-order valence-electron chi connectivity index (χ4n) is 4.62. The van der Waals surface area contributed by atoms with Gasteiger partial charge in [-0.2, -0.15) is 0 Å². The number of hydrogen-bond acceptors (Lipinski definition) is 14. The first-order valence-electron chi connectivity index (χ1n) is 15.3. The Bertz CT molecular complexity index is 1180. The molecule has 2 aromatic rings. The zero-order chi connectivity index (χ0) is 31.7. The van der Waals surface area contributed by atoms with Crippen molar-refractivity contribution in [2.75, 3.05) is 98.7 Å². The first kappa shape index (κ1) is 34.4. The summed E-state index contributed by atoms with van der Waals surface area (Å²) in [6, 6.07) is 7.40. The molecule has 1 aromatic heterocycles. The lowest BCUT2D eigenvalue weighted by atomic mass is 10.2. The molecule has 15 nitrogen and oxygen atoms in total. The van der Waals surface area contributed by atoms with Crippen LogP contribution in [-0.2, 0) is 28.5 Å². The molecular weight excluding hydrogens is 586 g/mol. The summed E-state index contributed by atoms with van der Waals surface area (Å²) < 4.78 is 27.9. The molecule has 2 aliphatic rings. The standard InChI is InChI=1S/C30H43N7O8/c1-24-31-33-30(34-32-24)25-2-4-26(5-3-25)45-23-22-44-21-20-43-19-18-42-17-16-41-15-8-27(38)36-12-9-35(10-13-36)11-14-37-28(39)6-7-29(37)40/h2-7,27,38H,8-23H2,1H3/t27-/m1/s1. The molecule has 15 heteroatoms. The van der Waals surface area contributed by atoms with Crippen LogP contribution < -0.4 is 4.74 Å². The molecule has 1 aromatic carbocycles. The highest BCUT2D eigenvalue weighted by molar-refractivity contribution is 6.12. The Morgan fingerprint density at radius 3 is 1.82 bits per heavy atom. The van der Waals surface area contributed by atoms with Crippen LogP contribution in [0.5, 0.6) is 5.75 Å². The number of nitrogens with zero attached hydrogens (tertiary/aromatic N) is 7. The molecule has 1 atom stereocenters. The molecule has 0 unspecified atom stereocenters. The highest BCUT2D eigenvalue weighted by Crippen LogP contribution is 2.18. The zero-order valence-corrected chi connectivity index (χ0v) is 25.8. The number of rotatable bonds is 21. The number of aryl methyl sites for hydroxylation is 1. The van der Waals surface area contributed by atoms with Crippen molar-refractivity contribution in [2.45, 2.75) is 19.6 Å². The summed E-state index contributed by atoms with van der Waals surface area (Å²) in [5.74, 6) is 1.22. The minimum absolute atomic E-state index is 0.251. The quantitative estimate of drug-likeness (QED) is 0.144. The van der Waals surface area contributed by atoms with Gasteiger partial charge >= 0.3 is 0 Å². The molecule has 0 bridgehead atoms. The van der Waals surface area contributed by atoms with E-state index >= 15 is 0 Å². The number of benzene rings is 1. The van der Waals surface area contributed by atoms with Crippen LogP contribution in [0.3, 0.4) is 0 Å². The molecule has 0 radical (unpaired) electrons. The molecule has 1 fully saturated rings. The van der Waals surface area contributed by atoms with Crippen molar-refractivity contribution >= 4 is 11.8 Å². The van der Waals surface area contributed by atoms with Gasteiger partial charge in [0.1, 0.15) is 18.6 Å². The third-order valence-electron chi connectivity index (χ3n) is 7.19. The molecular formula is C30H43N7O8. The number of aliphatic hydroxyl groups excluding tert-OH is 1. The van der Waals surface area contributed by atoms with Crippen molar-refractivity contribution in [1.82, 2.24) is 35.1 Å².